The van der Waals surface area contributed by atoms with Crippen molar-refractivity contribution < 1.29 is 0 Å². The number of hydrogen-bond acceptors (Lipinski definition) is 7. The molecule has 2 unspecified atom stereocenters. The lowest BCUT2D eigenvalue weighted by Gasteiger charge is -2.31. The van der Waals surface area contributed by atoms with E-state index in [0.29, 0.717) is 12.0 Å². The summed E-state index contributed by atoms with van der Waals surface area (Å²) in [6, 6.07) is 0.504. The number of nitrogens with one attached hydrogen (secondary N) is 1. The van der Waals surface area contributed by atoms with Crippen LogP contribution in [0.25, 0.3) is 10.2 Å². The summed E-state index contributed by atoms with van der Waals surface area (Å²) in [6.07, 6.45) is 8.03. The van der Waals surface area contributed by atoms with Gasteiger partial charge in [0.25, 0.3) is 5.56 Å². The highest BCUT2D eigenvalue weighted by atomic mass is 32.2. The number of H-pyrrole nitrogens is 1. The van der Waals surface area contributed by atoms with Crippen molar-refractivity contribution in [3.05, 3.63) is 26.6 Å². The predicted molar refractivity (Wildman–Crippen MR) is 135 cm³/mol. The quantitative estimate of drug-likeness (QED) is 0.506. The van der Waals surface area contributed by atoms with Crippen molar-refractivity contribution in [1.82, 2.24) is 24.7 Å². The van der Waals surface area contributed by atoms with Crippen molar-refractivity contribution in [1.29, 1.82) is 0 Å². The van der Waals surface area contributed by atoms with Crippen molar-refractivity contribution in [3.8, 4) is 0 Å². The van der Waals surface area contributed by atoms with Crippen LogP contribution in [0, 0.1) is 11.8 Å². The van der Waals surface area contributed by atoms with E-state index in [1.807, 2.05) is 0 Å². The van der Waals surface area contributed by atoms with Crippen LogP contribution in [0.3, 0.4) is 0 Å². The summed E-state index contributed by atoms with van der Waals surface area (Å²) in [7, 11) is 0. The number of aromatic amines is 1. The summed E-state index contributed by atoms with van der Waals surface area (Å²) in [5.74, 6) is 3.24. The van der Waals surface area contributed by atoms with Gasteiger partial charge in [-0.1, -0.05) is 25.6 Å². The molecule has 9 heteroatoms. The fourth-order valence-electron chi connectivity index (χ4n) is 5.20. The number of aromatic nitrogens is 5. The van der Waals surface area contributed by atoms with Gasteiger partial charge in [-0.2, -0.15) is 0 Å². The zero-order chi connectivity index (χ0) is 22.7. The number of hydrogen-bond donors (Lipinski definition) is 1. The minimum atomic E-state index is -0.00363. The summed E-state index contributed by atoms with van der Waals surface area (Å²) >= 11 is 3.38. The monoisotopic (exact) mass is 484 g/mol. The Balaban J connectivity index is 1.28. The molecular weight excluding hydrogens is 452 g/mol. The number of anilines is 1. The van der Waals surface area contributed by atoms with Crippen molar-refractivity contribution in [2.45, 2.75) is 82.2 Å². The zero-order valence-corrected chi connectivity index (χ0v) is 21.3. The van der Waals surface area contributed by atoms with E-state index in [1.165, 1.54) is 36.1 Å². The summed E-state index contributed by atoms with van der Waals surface area (Å²) in [6.45, 7) is 8.85. The molecule has 176 valence electrons. The van der Waals surface area contributed by atoms with E-state index in [4.69, 9.17) is 4.98 Å². The third-order valence-electron chi connectivity index (χ3n) is 7.48. The topological polar surface area (TPSA) is 79.7 Å². The average molecular weight is 485 g/mol. The van der Waals surface area contributed by atoms with Crippen LogP contribution in [0.2, 0.25) is 0 Å². The largest absolute Gasteiger partial charge is 0.341 e. The van der Waals surface area contributed by atoms with Crippen molar-refractivity contribution in [2.24, 2.45) is 11.8 Å². The van der Waals surface area contributed by atoms with Gasteiger partial charge in [0, 0.05) is 24.0 Å². The fourth-order valence-corrected chi connectivity index (χ4v) is 7.56. The van der Waals surface area contributed by atoms with E-state index in [0.717, 1.165) is 65.4 Å². The Morgan fingerprint density at radius 1 is 1.09 bits per heavy atom. The molecule has 1 saturated carbocycles. The molecule has 0 aromatic carbocycles. The molecule has 1 aliphatic heterocycles. The fraction of sp³-hybridized carbons (Fsp3) is 0.667. The van der Waals surface area contributed by atoms with E-state index in [2.05, 4.69) is 45.4 Å². The van der Waals surface area contributed by atoms with Crippen LogP contribution in [-0.4, -0.2) is 37.8 Å². The van der Waals surface area contributed by atoms with Gasteiger partial charge >= 0.3 is 0 Å². The standard InChI is InChI=1S/C24H32N6OS2/c1-13-8-10-29(11-9-13)23-27-28-24(30(23)16-5-6-16)32-15(3)20-25-21(31)19-17-7-4-14(2)12-18(17)33-22(19)26-20/h13-16H,4-12H2,1-3H3,(H,25,26,31). The highest BCUT2D eigenvalue weighted by Crippen LogP contribution is 2.44. The Morgan fingerprint density at radius 3 is 2.64 bits per heavy atom. The molecule has 2 aliphatic carbocycles. The van der Waals surface area contributed by atoms with Crippen LogP contribution in [0.4, 0.5) is 5.95 Å². The summed E-state index contributed by atoms with van der Waals surface area (Å²) in [4.78, 5) is 25.8. The van der Waals surface area contributed by atoms with Crippen LogP contribution >= 0.6 is 23.1 Å². The van der Waals surface area contributed by atoms with Gasteiger partial charge in [0.2, 0.25) is 5.95 Å². The van der Waals surface area contributed by atoms with Crippen LogP contribution in [0.15, 0.2) is 9.95 Å². The van der Waals surface area contributed by atoms with Crippen LogP contribution in [0.5, 0.6) is 0 Å². The van der Waals surface area contributed by atoms with Crippen LogP contribution < -0.4 is 10.5 Å². The van der Waals surface area contributed by atoms with E-state index in [9.17, 15) is 4.79 Å². The summed E-state index contributed by atoms with van der Waals surface area (Å²) in [5.41, 5.74) is 1.25. The Labute approximate surface area is 202 Å². The Kier molecular flexibility index (Phi) is 5.52. The minimum Gasteiger partial charge on any atom is -0.341 e. The molecule has 33 heavy (non-hydrogen) atoms. The van der Waals surface area contributed by atoms with E-state index >= 15 is 0 Å². The lowest BCUT2D eigenvalue weighted by atomic mass is 9.89. The van der Waals surface area contributed by atoms with Gasteiger partial charge in [-0.15, -0.1) is 21.5 Å². The first kappa shape index (κ1) is 21.6. The maximum absolute atomic E-state index is 13.1. The van der Waals surface area contributed by atoms with E-state index < -0.39 is 0 Å². The van der Waals surface area contributed by atoms with Crippen molar-refractivity contribution >= 4 is 39.3 Å². The first-order chi connectivity index (χ1) is 16.0. The number of fused-ring (bicyclic) bond motifs is 3. The summed E-state index contributed by atoms with van der Waals surface area (Å²) in [5, 5.41) is 11.0. The first-order valence-corrected chi connectivity index (χ1v) is 14.1. The number of thioether (sulfide) groups is 1. The molecule has 6 rings (SSSR count). The van der Waals surface area contributed by atoms with Gasteiger partial charge < -0.3 is 9.88 Å². The van der Waals surface area contributed by atoms with E-state index in [1.54, 1.807) is 23.1 Å². The number of nitrogens with zero attached hydrogens (tertiary/aromatic N) is 5. The Morgan fingerprint density at radius 2 is 1.88 bits per heavy atom. The molecule has 4 heterocycles. The van der Waals surface area contributed by atoms with Gasteiger partial charge in [0.15, 0.2) is 5.16 Å². The second-order valence-electron chi connectivity index (χ2n) is 10.3. The molecule has 0 bridgehead atoms. The molecule has 3 aliphatic rings. The highest BCUT2D eigenvalue weighted by Gasteiger charge is 2.33. The highest BCUT2D eigenvalue weighted by molar-refractivity contribution is 7.99. The molecule has 2 atom stereocenters. The van der Waals surface area contributed by atoms with Gasteiger partial charge in [0.05, 0.1) is 10.6 Å². The molecular formula is C24H32N6OS2. The van der Waals surface area contributed by atoms with Gasteiger partial charge in [-0.05, 0) is 69.3 Å². The van der Waals surface area contributed by atoms with Crippen molar-refractivity contribution in [3.63, 3.8) is 0 Å². The number of piperidine rings is 1. The molecule has 0 radical (unpaired) electrons. The maximum Gasteiger partial charge on any atom is 0.259 e. The number of rotatable bonds is 5. The SMILES string of the molecule is CC1CCN(c2nnc(SC(C)c3nc4sc5c(c4c(=O)[nH]3)CCC(C)C5)n2C2CC2)CC1. The molecule has 3 aromatic heterocycles. The second kappa shape index (κ2) is 8.41. The molecule has 1 N–H and O–H groups in total. The molecule has 0 amide bonds. The molecule has 3 aromatic rings. The Bertz CT molecular complexity index is 1230. The zero-order valence-electron chi connectivity index (χ0n) is 19.6. The smallest absolute Gasteiger partial charge is 0.259 e. The molecule has 0 spiro atoms. The number of aryl methyl sites for hydroxylation is 1. The maximum atomic E-state index is 13.1. The van der Waals surface area contributed by atoms with Crippen LogP contribution in [0.1, 0.15) is 80.4 Å². The predicted octanol–water partition coefficient (Wildman–Crippen LogP) is 5.13. The molecule has 2 fully saturated rings. The normalized spacial score (nSPS) is 22.6. The van der Waals surface area contributed by atoms with Gasteiger partial charge in [0.1, 0.15) is 10.7 Å². The van der Waals surface area contributed by atoms with Crippen molar-refractivity contribution in [2.75, 3.05) is 18.0 Å². The summed E-state index contributed by atoms with van der Waals surface area (Å²) < 4.78 is 2.35. The third-order valence-corrected chi connectivity index (χ3v) is 9.69. The van der Waals surface area contributed by atoms with E-state index in [-0.39, 0.29) is 10.8 Å². The third kappa shape index (κ3) is 4.01. The average Bonchev–Trinajstić information content (AvgIpc) is 3.44. The molecule has 7 nitrogen and oxygen atoms in total. The Hall–Kier alpha value is -1.87. The minimum absolute atomic E-state index is 0.00363. The lowest BCUT2D eigenvalue weighted by Crippen LogP contribution is -2.34. The second-order valence-corrected chi connectivity index (χ2v) is 12.7. The lowest BCUT2D eigenvalue weighted by molar-refractivity contribution is 0.429. The first-order valence-electron chi connectivity index (χ1n) is 12.4. The molecule has 1 saturated heterocycles. The van der Waals surface area contributed by atoms with Crippen LogP contribution in [-0.2, 0) is 12.8 Å². The number of thiophene rings is 1. The van der Waals surface area contributed by atoms with Gasteiger partial charge in [-0.25, -0.2) is 4.98 Å². The van der Waals surface area contributed by atoms with Gasteiger partial charge in [-0.3, -0.25) is 9.36 Å².